The largest absolute Gasteiger partial charge is 0.293 e. The van der Waals surface area contributed by atoms with Gasteiger partial charge in [0.25, 0.3) is 15.7 Å². The van der Waals surface area contributed by atoms with Crippen LogP contribution in [0, 0.1) is 17.0 Å². The van der Waals surface area contributed by atoms with E-state index in [0.717, 1.165) is 17.5 Å². The predicted octanol–water partition coefficient (Wildman–Crippen LogP) is 2.81. The monoisotopic (exact) mass is 333 g/mol. The van der Waals surface area contributed by atoms with Gasteiger partial charge in [0, 0.05) is 6.07 Å². The van der Waals surface area contributed by atoms with E-state index in [2.05, 4.69) is 9.71 Å². The minimum absolute atomic E-state index is 0.0733. The highest BCUT2D eigenvalue weighted by molar-refractivity contribution is 7.94. The molecule has 2 rings (SSSR count). The van der Waals surface area contributed by atoms with Gasteiger partial charge in [-0.25, -0.2) is 13.4 Å². The average Bonchev–Trinajstić information content (AvgIpc) is 2.75. The summed E-state index contributed by atoms with van der Waals surface area (Å²) < 4.78 is 26.3. The van der Waals surface area contributed by atoms with Crippen LogP contribution in [0.1, 0.15) is 5.56 Å². The first kappa shape index (κ1) is 14.7. The van der Waals surface area contributed by atoms with Crippen molar-refractivity contribution in [3.8, 4) is 0 Å². The van der Waals surface area contributed by atoms with E-state index in [1.54, 1.807) is 6.92 Å². The Balaban J connectivity index is 2.44. The number of aryl methyl sites for hydroxylation is 1. The first-order valence-corrected chi connectivity index (χ1v) is 7.86. The van der Waals surface area contributed by atoms with E-state index in [0.29, 0.717) is 5.56 Å². The molecule has 0 aliphatic carbocycles. The van der Waals surface area contributed by atoms with Crippen LogP contribution in [0.3, 0.4) is 0 Å². The van der Waals surface area contributed by atoms with Crippen LogP contribution < -0.4 is 4.72 Å². The van der Waals surface area contributed by atoms with Crippen LogP contribution in [0.5, 0.6) is 0 Å². The first-order chi connectivity index (χ1) is 9.29. The standard InChI is InChI=1S/C10H8ClN3O4S2/c1-6-2-3-8(14(15)16)7(4-6)13-20(17,18)9-5-12-10(11)19-9/h2-5,13H,1H3. The number of anilines is 1. The van der Waals surface area contributed by atoms with Gasteiger partial charge in [-0.2, -0.15) is 0 Å². The van der Waals surface area contributed by atoms with Gasteiger partial charge >= 0.3 is 0 Å². The molecule has 1 aromatic heterocycles. The van der Waals surface area contributed by atoms with Crippen molar-refractivity contribution in [2.75, 3.05) is 4.72 Å². The highest BCUT2D eigenvalue weighted by Gasteiger charge is 2.22. The number of nitro groups is 1. The topological polar surface area (TPSA) is 102 Å². The summed E-state index contributed by atoms with van der Waals surface area (Å²) in [5.74, 6) is 0. The number of halogens is 1. The molecule has 0 saturated carbocycles. The van der Waals surface area contributed by atoms with E-state index < -0.39 is 14.9 Å². The molecule has 7 nitrogen and oxygen atoms in total. The molecule has 0 atom stereocenters. The summed E-state index contributed by atoms with van der Waals surface area (Å²) in [6.07, 6.45) is 1.09. The van der Waals surface area contributed by atoms with E-state index in [9.17, 15) is 18.5 Å². The summed E-state index contributed by atoms with van der Waals surface area (Å²) in [5.41, 5.74) is 0.268. The Labute approximate surface area is 123 Å². The summed E-state index contributed by atoms with van der Waals surface area (Å²) in [6, 6.07) is 4.16. The molecule has 0 spiro atoms. The van der Waals surface area contributed by atoms with Crippen LogP contribution in [-0.2, 0) is 10.0 Å². The van der Waals surface area contributed by atoms with Crippen LogP contribution in [0.25, 0.3) is 0 Å². The second-order valence-electron chi connectivity index (χ2n) is 3.82. The molecule has 1 aromatic carbocycles. The third-order valence-corrected chi connectivity index (χ3v) is 5.26. The smallest absolute Gasteiger partial charge is 0.272 e. The number of thiazole rings is 1. The summed E-state index contributed by atoms with van der Waals surface area (Å²) in [6.45, 7) is 1.70. The molecule has 10 heteroatoms. The molecule has 0 aliphatic heterocycles. The van der Waals surface area contributed by atoms with Crippen LogP contribution in [0.15, 0.2) is 28.6 Å². The van der Waals surface area contributed by atoms with Crippen molar-refractivity contribution < 1.29 is 13.3 Å². The van der Waals surface area contributed by atoms with Crippen molar-refractivity contribution in [3.63, 3.8) is 0 Å². The lowest BCUT2D eigenvalue weighted by Gasteiger charge is -2.07. The maximum Gasteiger partial charge on any atom is 0.293 e. The number of hydrogen-bond acceptors (Lipinski definition) is 6. The molecular formula is C10H8ClN3O4S2. The van der Waals surface area contributed by atoms with Gasteiger partial charge < -0.3 is 0 Å². The number of nitrogens with one attached hydrogen (secondary N) is 1. The van der Waals surface area contributed by atoms with E-state index >= 15 is 0 Å². The van der Waals surface area contributed by atoms with Crippen LogP contribution in [0.4, 0.5) is 11.4 Å². The zero-order valence-corrected chi connectivity index (χ0v) is 12.4. The van der Waals surface area contributed by atoms with Gasteiger partial charge in [-0.3, -0.25) is 14.8 Å². The Kier molecular flexibility index (Phi) is 3.93. The van der Waals surface area contributed by atoms with Gasteiger partial charge in [-0.15, -0.1) is 0 Å². The average molecular weight is 334 g/mol. The van der Waals surface area contributed by atoms with Crippen molar-refractivity contribution in [2.24, 2.45) is 0 Å². The molecule has 20 heavy (non-hydrogen) atoms. The number of rotatable bonds is 4. The highest BCUT2D eigenvalue weighted by atomic mass is 35.5. The molecule has 0 saturated heterocycles. The summed E-state index contributed by atoms with van der Waals surface area (Å²) in [4.78, 5) is 13.9. The quantitative estimate of drug-likeness (QED) is 0.684. The summed E-state index contributed by atoms with van der Waals surface area (Å²) in [5, 5.41) is 10.9. The summed E-state index contributed by atoms with van der Waals surface area (Å²) in [7, 11) is -3.95. The fourth-order valence-corrected chi connectivity index (χ4v) is 3.81. The van der Waals surface area contributed by atoms with Crippen molar-refractivity contribution in [1.29, 1.82) is 0 Å². The minimum Gasteiger partial charge on any atom is -0.272 e. The SMILES string of the molecule is Cc1ccc([N+](=O)[O-])c(NS(=O)(=O)c2cnc(Cl)s2)c1. The maximum atomic E-state index is 12.1. The normalized spacial score (nSPS) is 11.3. The van der Waals surface area contributed by atoms with Gasteiger partial charge in [-0.05, 0) is 18.6 Å². The Hall–Kier alpha value is -1.71. The van der Waals surface area contributed by atoms with Gasteiger partial charge in [0.2, 0.25) is 0 Å². The number of sulfonamides is 1. The van der Waals surface area contributed by atoms with Gasteiger partial charge in [0.15, 0.2) is 8.68 Å². The fourth-order valence-electron chi connectivity index (χ4n) is 1.45. The lowest BCUT2D eigenvalue weighted by atomic mass is 10.2. The molecule has 106 valence electrons. The molecule has 0 amide bonds. The third kappa shape index (κ3) is 3.06. The fraction of sp³-hybridized carbons (Fsp3) is 0.100. The second kappa shape index (κ2) is 5.35. The first-order valence-electron chi connectivity index (χ1n) is 5.19. The Bertz CT molecular complexity index is 773. The van der Waals surface area contributed by atoms with Crippen LogP contribution >= 0.6 is 22.9 Å². The number of nitrogens with zero attached hydrogens (tertiary/aromatic N) is 2. The van der Waals surface area contributed by atoms with Crippen molar-refractivity contribution >= 4 is 44.3 Å². The minimum atomic E-state index is -3.95. The van der Waals surface area contributed by atoms with Crippen molar-refractivity contribution in [1.82, 2.24) is 4.98 Å². The van der Waals surface area contributed by atoms with Gasteiger partial charge in [0.05, 0.1) is 11.1 Å². The number of benzene rings is 1. The molecule has 0 bridgehead atoms. The zero-order valence-electron chi connectivity index (χ0n) is 10.0. The number of aromatic nitrogens is 1. The molecule has 1 heterocycles. The highest BCUT2D eigenvalue weighted by Crippen LogP contribution is 2.30. The predicted molar refractivity (Wildman–Crippen MR) is 75.8 cm³/mol. The zero-order chi connectivity index (χ0) is 14.9. The molecule has 0 fully saturated rings. The van der Waals surface area contributed by atoms with Crippen LogP contribution in [-0.4, -0.2) is 18.3 Å². The molecule has 2 aromatic rings. The lowest BCUT2D eigenvalue weighted by molar-refractivity contribution is -0.383. The molecule has 0 unspecified atom stereocenters. The molecular weight excluding hydrogens is 326 g/mol. The van der Waals surface area contributed by atoms with Crippen molar-refractivity contribution in [3.05, 3.63) is 44.5 Å². The number of nitro benzene ring substituents is 1. The van der Waals surface area contributed by atoms with E-state index in [-0.39, 0.29) is 20.1 Å². The Morgan fingerprint density at radius 1 is 1.45 bits per heavy atom. The van der Waals surface area contributed by atoms with E-state index in [1.807, 2.05) is 0 Å². The molecule has 1 N–H and O–H groups in total. The van der Waals surface area contributed by atoms with E-state index in [1.165, 1.54) is 18.2 Å². The Morgan fingerprint density at radius 3 is 2.70 bits per heavy atom. The van der Waals surface area contributed by atoms with Crippen molar-refractivity contribution in [2.45, 2.75) is 11.1 Å². The molecule has 0 radical (unpaired) electrons. The Morgan fingerprint density at radius 2 is 2.15 bits per heavy atom. The third-order valence-electron chi connectivity index (χ3n) is 2.31. The molecule has 0 aliphatic rings. The second-order valence-corrected chi connectivity index (χ2v) is 7.34. The van der Waals surface area contributed by atoms with E-state index in [4.69, 9.17) is 11.6 Å². The number of hydrogen-bond donors (Lipinski definition) is 1. The summed E-state index contributed by atoms with van der Waals surface area (Å²) >= 11 is 6.35. The van der Waals surface area contributed by atoms with Crippen LogP contribution in [0.2, 0.25) is 4.47 Å². The lowest BCUT2D eigenvalue weighted by Crippen LogP contribution is -2.13. The van der Waals surface area contributed by atoms with Gasteiger partial charge in [-0.1, -0.05) is 29.0 Å². The maximum absolute atomic E-state index is 12.1. The van der Waals surface area contributed by atoms with Gasteiger partial charge in [0.1, 0.15) is 5.69 Å².